The zero-order valence-corrected chi connectivity index (χ0v) is 8.72. The predicted octanol–water partition coefficient (Wildman–Crippen LogP) is -3.38. The summed E-state index contributed by atoms with van der Waals surface area (Å²) in [4.78, 5) is 18.4. The molecule has 17 heavy (non-hydrogen) atoms. The number of aliphatic hydroxyl groups excluding tert-OH is 2. The van der Waals surface area contributed by atoms with Crippen molar-refractivity contribution in [1.29, 1.82) is 0 Å². The van der Waals surface area contributed by atoms with Crippen LogP contribution in [-0.2, 0) is 10.5 Å². The molecule has 2 heterocycles. The number of nitrogens with zero attached hydrogens (tertiary/aromatic N) is 3. The normalized spacial score (nSPS) is 32.9. The highest BCUT2D eigenvalue weighted by atomic mass is 16.6. The van der Waals surface area contributed by atoms with E-state index in [1.54, 1.807) is 0 Å². The molecule has 2 rings (SSSR count). The van der Waals surface area contributed by atoms with Gasteiger partial charge in [-0.2, -0.15) is 4.98 Å². The molecule has 0 aromatic carbocycles. The molecule has 1 saturated heterocycles. The van der Waals surface area contributed by atoms with Gasteiger partial charge in [-0.3, -0.25) is 0 Å². The second-order valence-electron chi connectivity index (χ2n) is 3.67. The average molecular weight is 244 g/mol. The van der Waals surface area contributed by atoms with Crippen LogP contribution in [0.3, 0.4) is 0 Å². The van der Waals surface area contributed by atoms with Gasteiger partial charge in [0.15, 0.2) is 0 Å². The minimum absolute atomic E-state index is 0.210. The highest BCUT2D eigenvalue weighted by molar-refractivity contribution is 5.11. The third-order valence-electron chi connectivity index (χ3n) is 2.69. The Balaban J connectivity index is 2.53. The van der Waals surface area contributed by atoms with Gasteiger partial charge in [0, 0.05) is 0 Å². The summed E-state index contributed by atoms with van der Waals surface area (Å²) in [6, 6.07) is 0. The van der Waals surface area contributed by atoms with Crippen molar-refractivity contribution in [3.05, 3.63) is 16.8 Å². The maximum absolute atomic E-state index is 11.6. The number of hydrogen-bond donors (Lipinski definition) is 4. The Morgan fingerprint density at radius 2 is 2.41 bits per heavy atom. The quantitative estimate of drug-likeness (QED) is 0.421. The van der Waals surface area contributed by atoms with Crippen LogP contribution in [0.25, 0.3) is 0 Å². The maximum atomic E-state index is 11.6. The van der Waals surface area contributed by atoms with E-state index in [0.717, 1.165) is 6.33 Å². The number of nitrogens with two attached hydrogens (primary N) is 1. The fraction of sp³-hybridized carbons (Fsp3) is 0.625. The van der Waals surface area contributed by atoms with Crippen LogP contribution < -0.4 is 11.4 Å². The smallest absolute Gasteiger partial charge is 0.354 e. The third kappa shape index (κ3) is 1.69. The van der Waals surface area contributed by atoms with Crippen LogP contribution in [0.5, 0.6) is 0 Å². The van der Waals surface area contributed by atoms with Crippen LogP contribution in [0.2, 0.25) is 0 Å². The molecule has 1 aromatic rings. The van der Waals surface area contributed by atoms with E-state index in [4.69, 9.17) is 15.6 Å². The maximum Gasteiger partial charge on any atom is 0.354 e. The first kappa shape index (κ1) is 11.9. The van der Waals surface area contributed by atoms with Gasteiger partial charge in [-0.15, -0.1) is 0 Å². The lowest BCUT2D eigenvalue weighted by molar-refractivity contribution is -0.153. The van der Waals surface area contributed by atoms with E-state index in [1.807, 2.05) is 0 Å². The van der Waals surface area contributed by atoms with Crippen molar-refractivity contribution in [3.8, 4) is 0 Å². The first-order valence-electron chi connectivity index (χ1n) is 4.84. The van der Waals surface area contributed by atoms with E-state index in [2.05, 4.69) is 9.97 Å². The molecule has 1 aromatic heterocycles. The summed E-state index contributed by atoms with van der Waals surface area (Å²) in [5.41, 5.74) is 2.23. The minimum atomic E-state index is -2.10. The first-order chi connectivity index (χ1) is 8.00. The van der Waals surface area contributed by atoms with E-state index >= 15 is 0 Å². The number of aliphatic hydroxyl groups is 3. The zero-order valence-electron chi connectivity index (χ0n) is 8.72. The highest BCUT2D eigenvalue weighted by Crippen LogP contribution is 2.29. The Morgan fingerprint density at radius 1 is 1.71 bits per heavy atom. The number of ether oxygens (including phenoxy) is 1. The van der Waals surface area contributed by atoms with Crippen molar-refractivity contribution in [2.45, 2.75) is 17.9 Å². The molecule has 0 unspecified atom stereocenters. The van der Waals surface area contributed by atoms with Gasteiger partial charge in [-0.1, -0.05) is 0 Å². The molecule has 94 valence electrons. The Morgan fingerprint density at radius 3 is 3.00 bits per heavy atom. The zero-order chi connectivity index (χ0) is 12.6. The number of hydrogen-bond acceptors (Lipinski definition) is 8. The largest absolute Gasteiger partial charge is 0.393 e. The molecule has 3 atom stereocenters. The Labute approximate surface area is 95.1 Å². The van der Waals surface area contributed by atoms with E-state index in [9.17, 15) is 15.0 Å². The molecular weight excluding hydrogens is 232 g/mol. The van der Waals surface area contributed by atoms with Gasteiger partial charge in [0.2, 0.25) is 11.7 Å². The number of aromatic nitrogens is 3. The van der Waals surface area contributed by atoms with Crippen molar-refractivity contribution in [1.82, 2.24) is 14.5 Å². The molecular formula is C8H12N4O5. The van der Waals surface area contributed by atoms with Gasteiger partial charge in [0.05, 0.1) is 13.2 Å². The van der Waals surface area contributed by atoms with Crippen molar-refractivity contribution in [2.75, 3.05) is 18.9 Å². The van der Waals surface area contributed by atoms with Crippen molar-refractivity contribution < 1.29 is 20.1 Å². The number of nitrogen functional groups attached to an aromatic ring is 1. The predicted molar refractivity (Wildman–Crippen MR) is 53.7 cm³/mol. The molecule has 0 aliphatic carbocycles. The lowest BCUT2D eigenvalue weighted by atomic mass is 10.0. The molecule has 0 spiro atoms. The van der Waals surface area contributed by atoms with Crippen LogP contribution in [0.4, 0.5) is 5.95 Å². The molecule has 5 N–H and O–H groups in total. The van der Waals surface area contributed by atoms with Crippen LogP contribution in [-0.4, -0.2) is 55.3 Å². The summed E-state index contributed by atoms with van der Waals surface area (Å²) in [6.45, 7) is -0.775. The first-order valence-corrected chi connectivity index (χ1v) is 4.84. The molecule has 1 fully saturated rings. The summed E-state index contributed by atoms with van der Waals surface area (Å²) < 4.78 is 5.67. The lowest BCUT2D eigenvalue weighted by Gasteiger charge is -2.30. The molecule has 0 bridgehead atoms. The Kier molecular flexibility index (Phi) is 2.83. The summed E-state index contributed by atoms with van der Waals surface area (Å²) in [5.74, 6) is -0.246. The molecule has 9 heteroatoms. The van der Waals surface area contributed by atoms with Gasteiger partial charge < -0.3 is 25.8 Å². The summed E-state index contributed by atoms with van der Waals surface area (Å²) in [7, 11) is 0. The highest BCUT2D eigenvalue weighted by Gasteiger charge is 2.52. The van der Waals surface area contributed by atoms with Crippen LogP contribution in [0.15, 0.2) is 11.1 Å². The number of anilines is 1. The van der Waals surface area contributed by atoms with Gasteiger partial charge in [-0.25, -0.2) is 14.3 Å². The summed E-state index contributed by atoms with van der Waals surface area (Å²) >= 11 is 0. The van der Waals surface area contributed by atoms with Gasteiger partial charge in [0.25, 0.3) is 0 Å². The fourth-order valence-corrected chi connectivity index (χ4v) is 1.76. The van der Waals surface area contributed by atoms with Crippen LogP contribution in [0, 0.1) is 0 Å². The van der Waals surface area contributed by atoms with E-state index < -0.39 is 30.2 Å². The second kappa shape index (κ2) is 4.04. The fourth-order valence-electron chi connectivity index (χ4n) is 1.76. The Hall–Kier alpha value is -1.55. The molecule has 0 saturated carbocycles. The summed E-state index contributed by atoms with van der Waals surface area (Å²) in [6.07, 6.45) is -1.56. The molecule has 1 aliphatic heterocycles. The van der Waals surface area contributed by atoms with E-state index in [-0.39, 0.29) is 12.6 Å². The standard InChI is InChI=1S/C8H12N4O5/c9-6-10-3-12(7(15)11-6)8(16)4(14)2-17-5(8)1-13/h3-5,13-14,16H,1-2H2,(H2,9,11,15)/t4-,5-,8+/m0/s1. The van der Waals surface area contributed by atoms with E-state index in [0.29, 0.717) is 4.57 Å². The average Bonchev–Trinajstić information content (AvgIpc) is 2.56. The molecule has 1 aliphatic rings. The third-order valence-corrected chi connectivity index (χ3v) is 2.69. The topological polar surface area (TPSA) is 144 Å². The van der Waals surface area contributed by atoms with Gasteiger partial charge in [-0.05, 0) is 0 Å². The van der Waals surface area contributed by atoms with Crippen molar-refractivity contribution in [2.24, 2.45) is 0 Å². The van der Waals surface area contributed by atoms with Crippen LogP contribution >= 0.6 is 0 Å². The monoisotopic (exact) mass is 244 g/mol. The van der Waals surface area contributed by atoms with Gasteiger partial charge >= 0.3 is 5.69 Å². The van der Waals surface area contributed by atoms with Gasteiger partial charge in [0.1, 0.15) is 18.5 Å². The minimum Gasteiger partial charge on any atom is -0.393 e. The number of rotatable bonds is 2. The van der Waals surface area contributed by atoms with Crippen LogP contribution in [0.1, 0.15) is 0 Å². The molecule has 9 nitrogen and oxygen atoms in total. The second-order valence-corrected chi connectivity index (χ2v) is 3.67. The van der Waals surface area contributed by atoms with Crippen molar-refractivity contribution in [3.63, 3.8) is 0 Å². The van der Waals surface area contributed by atoms with Crippen molar-refractivity contribution >= 4 is 5.95 Å². The van der Waals surface area contributed by atoms with E-state index in [1.165, 1.54) is 0 Å². The molecule has 0 radical (unpaired) electrons. The summed E-state index contributed by atoms with van der Waals surface area (Å²) in [5, 5.41) is 29.0. The SMILES string of the molecule is Nc1ncn([C@]2(O)[C@H](CO)OC[C@@H]2O)c(=O)n1. The Bertz CT molecular complexity index is 477. The lowest BCUT2D eigenvalue weighted by Crippen LogP contribution is -2.55. The molecule has 0 amide bonds.